The van der Waals surface area contributed by atoms with Gasteiger partial charge in [-0.15, -0.1) is 0 Å². The van der Waals surface area contributed by atoms with Crippen LogP contribution in [0, 0.1) is 16.9 Å². The Kier molecular flexibility index (Phi) is 8.74. The Labute approximate surface area is 137 Å². The molecule has 12 heteroatoms. The van der Waals surface area contributed by atoms with Crippen molar-refractivity contribution in [3.05, 3.63) is 30.3 Å². The fourth-order valence-corrected chi connectivity index (χ4v) is 1.19. The van der Waals surface area contributed by atoms with Crippen molar-refractivity contribution in [2.24, 2.45) is 17.2 Å². The number of carbonyl (C=O) groups excluding carboxylic acids is 1. The molecule has 1 aromatic carbocycles. The van der Waals surface area contributed by atoms with Gasteiger partial charge in [0.05, 0.1) is 0 Å². The lowest BCUT2D eigenvalue weighted by atomic mass is 10.2. The van der Waals surface area contributed by atoms with Gasteiger partial charge in [0, 0.05) is 5.56 Å². The molecule has 0 aliphatic carbocycles. The molecule has 0 aliphatic heterocycles. The summed E-state index contributed by atoms with van der Waals surface area (Å²) in [5.41, 5.74) is 24.9. The molecule has 1 aromatic heterocycles. The van der Waals surface area contributed by atoms with Gasteiger partial charge in [-0.2, -0.15) is 20.2 Å². The van der Waals surface area contributed by atoms with Crippen molar-refractivity contribution in [1.82, 2.24) is 20.3 Å². The predicted molar refractivity (Wildman–Crippen MR) is 88.5 cm³/mol. The lowest BCUT2D eigenvalue weighted by Gasteiger charge is -2.00. The molecule has 0 saturated carbocycles. The summed E-state index contributed by atoms with van der Waals surface area (Å²) in [6, 6.07) is 8.64. The molecule has 0 saturated heterocycles. The van der Waals surface area contributed by atoms with E-state index < -0.39 is 6.03 Å². The van der Waals surface area contributed by atoms with E-state index >= 15 is 0 Å². The molecule has 24 heavy (non-hydrogen) atoms. The van der Waals surface area contributed by atoms with Crippen LogP contribution >= 0.6 is 0 Å². The van der Waals surface area contributed by atoms with Crippen molar-refractivity contribution in [2.75, 3.05) is 11.5 Å². The Morgan fingerprint density at radius 2 is 1.50 bits per heavy atom. The largest absolute Gasteiger partial charge is 0.369 e. The summed E-state index contributed by atoms with van der Waals surface area (Å²) in [5.74, 6) is 0.445. The highest BCUT2D eigenvalue weighted by atomic mass is 16.2. The van der Waals surface area contributed by atoms with E-state index in [4.69, 9.17) is 26.9 Å². The third kappa shape index (κ3) is 9.72. The third-order valence-corrected chi connectivity index (χ3v) is 1.89. The van der Waals surface area contributed by atoms with Crippen molar-refractivity contribution < 1.29 is 4.79 Å². The summed E-state index contributed by atoms with van der Waals surface area (Å²) < 4.78 is 0. The van der Waals surface area contributed by atoms with E-state index in [2.05, 4.69) is 32.2 Å². The zero-order chi connectivity index (χ0) is 18.5. The number of guanidine groups is 1. The van der Waals surface area contributed by atoms with Gasteiger partial charge in [0.2, 0.25) is 11.9 Å². The van der Waals surface area contributed by atoms with Gasteiger partial charge in [0.25, 0.3) is 0 Å². The maximum Gasteiger partial charge on any atom is 0.309 e. The molecule has 2 rings (SSSR count). The van der Waals surface area contributed by atoms with Crippen LogP contribution in [0.4, 0.5) is 16.7 Å². The highest BCUT2D eigenvalue weighted by Crippen LogP contribution is 2.14. The van der Waals surface area contributed by atoms with Crippen LogP contribution in [0.25, 0.3) is 11.4 Å². The molecule has 2 aromatic rings. The van der Waals surface area contributed by atoms with Crippen molar-refractivity contribution in [3.8, 4) is 17.6 Å². The Morgan fingerprint density at radius 1 is 1.04 bits per heavy atom. The number of nitrogens with one attached hydrogen (secondary N) is 2. The zero-order valence-electron chi connectivity index (χ0n) is 12.5. The Bertz CT molecular complexity index is 686. The minimum atomic E-state index is -0.833. The molecule has 126 valence electrons. The van der Waals surface area contributed by atoms with Crippen LogP contribution in [-0.2, 0) is 0 Å². The number of aromatic nitrogens is 3. The molecule has 0 spiro atoms. The number of benzene rings is 1. The number of rotatable bonds is 1. The molecule has 0 unspecified atom stereocenters. The minimum absolute atomic E-state index is 0.136. The highest BCUT2D eigenvalue weighted by Gasteiger charge is 2.03. The summed E-state index contributed by atoms with van der Waals surface area (Å²) in [5, 5.41) is 15.9. The number of urea groups is 1. The standard InChI is InChI=1S/C9H9N5.C2H4N4.CH4N2O/c10-8-12-7(13-9(11)14-8)6-4-2-1-3-5-6;3-1-6-2(4)5;2-1(3)4/h1-5H,(H4,10,11,12,13,14);(H4,4,5,6);(H4,2,3,4). The Hall–Kier alpha value is -4.14. The summed E-state index contributed by atoms with van der Waals surface area (Å²) >= 11 is 0. The van der Waals surface area contributed by atoms with Crippen LogP contribution in [0.15, 0.2) is 30.3 Å². The quantitative estimate of drug-likeness (QED) is 0.141. The van der Waals surface area contributed by atoms with E-state index in [9.17, 15) is 0 Å². The van der Waals surface area contributed by atoms with Gasteiger partial charge in [-0.05, 0) is 0 Å². The number of nitrogen functional groups attached to an aromatic ring is 2. The average molecular weight is 331 g/mol. The van der Waals surface area contributed by atoms with E-state index in [0.29, 0.717) is 5.82 Å². The monoisotopic (exact) mass is 331 g/mol. The molecule has 0 bridgehead atoms. The van der Waals surface area contributed by atoms with E-state index in [0.717, 1.165) is 5.56 Å². The summed E-state index contributed by atoms with van der Waals surface area (Å²) in [6.45, 7) is 0. The fourth-order valence-electron chi connectivity index (χ4n) is 1.19. The van der Waals surface area contributed by atoms with Crippen molar-refractivity contribution >= 4 is 23.9 Å². The normalized spacial score (nSPS) is 8.29. The van der Waals surface area contributed by atoms with E-state index in [1.54, 1.807) is 0 Å². The van der Waals surface area contributed by atoms with Gasteiger partial charge < -0.3 is 28.7 Å². The van der Waals surface area contributed by atoms with Crippen molar-refractivity contribution in [1.29, 1.82) is 10.7 Å². The number of nitrogens with two attached hydrogens (primary N) is 5. The van der Waals surface area contributed by atoms with Gasteiger partial charge in [-0.3, -0.25) is 10.7 Å². The lowest BCUT2D eigenvalue weighted by molar-refractivity contribution is 0.256. The molecule has 0 radical (unpaired) electrons. The molecular formula is C12H17N11O. The van der Waals surface area contributed by atoms with Gasteiger partial charge in [-0.1, -0.05) is 30.3 Å². The Morgan fingerprint density at radius 3 is 1.83 bits per heavy atom. The molecule has 2 amide bonds. The topological polar surface area (TPSA) is 246 Å². The number of hydrogen-bond acceptors (Lipinski definition) is 8. The zero-order valence-corrected chi connectivity index (χ0v) is 12.5. The first-order chi connectivity index (χ1) is 11.3. The molecule has 0 aliphatic rings. The van der Waals surface area contributed by atoms with E-state index in [1.807, 2.05) is 35.6 Å². The molecule has 1 heterocycles. The third-order valence-electron chi connectivity index (χ3n) is 1.89. The highest BCUT2D eigenvalue weighted by molar-refractivity contribution is 5.75. The van der Waals surface area contributed by atoms with Gasteiger partial charge in [0.15, 0.2) is 18.0 Å². The molecule has 0 fully saturated rings. The molecule has 12 N–H and O–H groups in total. The number of nitrogens with zero attached hydrogens (tertiary/aromatic N) is 4. The summed E-state index contributed by atoms with van der Waals surface area (Å²) in [6.07, 6.45) is 1.47. The van der Waals surface area contributed by atoms with Crippen molar-refractivity contribution in [3.63, 3.8) is 0 Å². The predicted octanol–water partition coefficient (Wildman–Crippen LogP) is -1.32. The van der Waals surface area contributed by atoms with Crippen LogP contribution < -0.4 is 34.0 Å². The maximum atomic E-state index is 9.00. The molecule has 12 nitrogen and oxygen atoms in total. The van der Waals surface area contributed by atoms with E-state index in [-0.39, 0.29) is 17.9 Å². The summed E-state index contributed by atoms with van der Waals surface area (Å²) in [4.78, 5) is 20.7. The minimum Gasteiger partial charge on any atom is -0.369 e. The summed E-state index contributed by atoms with van der Waals surface area (Å²) in [7, 11) is 0. The average Bonchev–Trinajstić information content (AvgIpc) is 2.47. The maximum absolute atomic E-state index is 9.00. The van der Waals surface area contributed by atoms with Crippen LogP contribution in [0.5, 0.6) is 0 Å². The Balaban J connectivity index is 0.000000443. The van der Waals surface area contributed by atoms with E-state index in [1.165, 1.54) is 6.19 Å². The second-order valence-electron chi connectivity index (χ2n) is 3.79. The van der Waals surface area contributed by atoms with Crippen LogP contribution in [0.1, 0.15) is 0 Å². The van der Waals surface area contributed by atoms with Crippen molar-refractivity contribution in [2.45, 2.75) is 0 Å². The molecular weight excluding hydrogens is 314 g/mol. The number of hydrogen-bond donors (Lipinski definition) is 7. The van der Waals surface area contributed by atoms with Gasteiger partial charge in [-0.25, -0.2) is 4.79 Å². The molecule has 0 atom stereocenters. The first kappa shape index (κ1) is 19.9. The second-order valence-corrected chi connectivity index (χ2v) is 3.79. The first-order valence-electron chi connectivity index (χ1n) is 6.12. The number of anilines is 2. The first-order valence-corrected chi connectivity index (χ1v) is 6.12. The van der Waals surface area contributed by atoms with Gasteiger partial charge in [0.1, 0.15) is 0 Å². The number of carbonyl (C=O) groups is 1. The van der Waals surface area contributed by atoms with Crippen LogP contribution in [0.2, 0.25) is 0 Å². The number of nitriles is 1. The lowest BCUT2D eigenvalue weighted by Crippen LogP contribution is -2.25. The second kappa shape index (κ2) is 10.6. The fraction of sp³-hybridized carbons (Fsp3) is 0. The van der Waals surface area contributed by atoms with Gasteiger partial charge >= 0.3 is 6.03 Å². The smallest absolute Gasteiger partial charge is 0.309 e. The number of primary amides is 2. The van der Waals surface area contributed by atoms with Crippen LogP contribution in [-0.4, -0.2) is 26.9 Å². The SMILES string of the molecule is N#CNC(=N)N.NC(N)=O.Nc1nc(N)nc(-c2ccccc2)n1. The van der Waals surface area contributed by atoms with Crippen LogP contribution in [0.3, 0.4) is 0 Å². The number of amides is 2.